The summed E-state index contributed by atoms with van der Waals surface area (Å²) < 4.78 is 28.3. The zero-order valence-electron chi connectivity index (χ0n) is 15.4. The van der Waals surface area contributed by atoms with Gasteiger partial charge < -0.3 is 14.7 Å². The van der Waals surface area contributed by atoms with E-state index in [-0.39, 0.29) is 23.9 Å². The van der Waals surface area contributed by atoms with E-state index in [1.165, 1.54) is 4.90 Å². The average molecular weight is 380 g/mol. The molecule has 0 aliphatic rings. The molecule has 0 spiro atoms. The highest BCUT2D eigenvalue weighted by Crippen LogP contribution is 2.19. The second-order valence-electron chi connectivity index (χ2n) is 6.15. The maximum Gasteiger partial charge on any atom is 0.317 e. The SMILES string of the molecule is CCS(=O)(=O)CCN(C)C(=O)N[C@H](C)c1nc(-c2cccc(C)c2)no1. The lowest BCUT2D eigenvalue weighted by molar-refractivity contribution is 0.204. The molecule has 0 radical (unpaired) electrons. The van der Waals surface area contributed by atoms with Gasteiger partial charge in [-0.15, -0.1) is 0 Å². The zero-order chi connectivity index (χ0) is 19.3. The predicted molar refractivity (Wildman–Crippen MR) is 98.4 cm³/mol. The van der Waals surface area contributed by atoms with Crippen molar-refractivity contribution in [2.45, 2.75) is 26.8 Å². The Morgan fingerprint density at radius 3 is 2.77 bits per heavy atom. The van der Waals surface area contributed by atoms with Crippen LogP contribution in [0.15, 0.2) is 28.8 Å². The molecule has 0 saturated heterocycles. The van der Waals surface area contributed by atoms with Gasteiger partial charge in [0.2, 0.25) is 11.7 Å². The van der Waals surface area contributed by atoms with Gasteiger partial charge in [0.25, 0.3) is 0 Å². The summed E-state index contributed by atoms with van der Waals surface area (Å²) in [7, 11) is -1.58. The third-order valence-corrected chi connectivity index (χ3v) is 5.64. The second-order valence-corrected chi connectivity index (χ2v) is 8.63. The lowest BCUT2D eigenvalue weighted by atomic mass is 10.1. The van der Waals surface area contributed by atoms with Gasteiger partial charge in [-0.05, 0) is 19.9 Å². The molecule has 0 aliphatic heterocycles. The van der Waals surface area contributed by atoms with Crippen LogP contribution in [-0.2, 0) is 9.84 Å². The van der Waals surface area contributed by atoms with E-state index in [1.54, 1.807) is 20.9 Å². The molecule has 2 aromatic rings. The largest absolute Gasteiger partial charge is 0.337 e. The molecule has 26 heavy (non-hydrogen) atoms. The van der Waals surface area contributed by atoms with Crippen LogP contribution >= 0.6 is 0 Å². The van der Waals surface area contributed by atoms with Gasteiger partial charge in [0, 0.05) is 24.9 Å². The summed E-state index contributed by atoms with van der Waals surface area (Å²) >= 11 is 0. The van der Waals surface area contributed by atoms with Crippen LogP contribution in [0.5, 0.6) is 0 Å². The number of carbonyl (C=O) groups is 1. The fraction of sp³-hybridized carbons (Fsp3) is 0.471. The number of amides is 2. The first-order valence-corrected chi connectivity index (χ1v) is 10.2. The molecule has 9 heteroatoms. The van der Waals surface area contributed by atoms with Crippen LogP contribution in [0.3, 0.4) is 0 Å². The van der Waals surface area contributed by atoms with Crippen molar-refractivity contribution < 1.29 is 17.7 Å². The minimum Gasteiger partial charge on any atom is -0.337 e. The second kappa shape index (κ2) is 8.31. The van der Waals surface area contributed by atoms with Crippen LogP contribution in [0, 0.1) is 6.92 Å². The summed E-state index contributed by atoms with van der Waals surface area (Å²) in [5, 5.41) is 6.67. The van der Waals surface area contributed by atoms with Crippen LogP contribution in [0.25, 0.3) is 11.4 Å². The zero-order valence-corrected chi connectivity index (χ0v) is 16.2. The Balaban J connectivity index is 1.97. The summed E-state index contributed by atoms with van der Waals surface area (Å²) in [4.78, 5) is 17.8. The molecule has 1 aromatic carbocycles. The Morgan fingerprint density at radius 1 is 1.38 bits per heavy atom. The van der Waals surface area contributed by atoms with Crippen molar-refractivity contribution in [1.29, 1.82) is 0 Å². The molecule has 2 rings (SSSR count). The van der Waals surface area contributed by atoms with E-state index in [4.69, 9.17) is 4.52 Å². The van der Waals surface area contributed by atoms with Crippen molar-refractivity contribution in [2.75, 3.05) is 25.1 Å². The monoisotopic (exact) mass is 380 g/mol. The summed E-state index contributed by atoms with van der Waals surface area (Å²) in [6, 6.07) is 6.80. The number of nitrogens with zero attached hydrogens (tertiary/aromatic N) is 3. The van der Waals surface area contributed by atoms with E-state index < -0.39 is 21.9 Å². The Bertz CT molecular complexity index is 863. The molecule has 142 valence electrons. The highest BCUT2D eigenvalue weighted by Gasteiger charge is 2.20. The van der Waals surface area contributed by atoms with E-state index in [0.717, 1.165) is 11.1 Å². The Hall–Kier alpha value is -2.42. The molecule has 0 aliphatic carbocycles. The Kier molecular flexibility index (Phi) is 6.36. The third-order valence-electron chi connectivity index (χ3n) is 3.95. The number of nitrogens with one attached hydrogen (secondary N) is 1. The van der Waals surface area contributed by atoms with Crippen LogP contribution in [0.2, 0.25) is 0 Å². The Morgan fingerprint density at radius 2 is 2.12 bits per heavy atom. The molecule has 0 saturated carbocycles. The molecule has 1 aromatic heterocycles. The van der Waals surface area contributed by atoms with Crippen molar-refractivity contribution in [2.24, 2.45) is 0 Å². The van der Waals surface area contributed by atoms with Crippen molar-refractivity contribution >= 4 is 15.9 Å². The molecular formula is C17H24N4O4S. The molecule has 8 nitrogen and oxygen atoms in total. The van der Waals surface area contributed by atoms with Crippen LogP contribution < -0.4 is 5.32 Å². The number of sulfone groups is 1. The minimum atomic E-state index is -3.12. The number of benzene rings is 1. The first kappa shape index (κ1) is 19.9. The van der Waals surface area contributed by atoms with Gasteiger partial charge in [-0.25, -0.2) is 13.2 Å². The lowest BCUT2D eigenvalue weighted by Crippen LogP contribution is -2.40. The van der Waals surface area contributed by atoms with Gasteiger partial charge >= 0.3 is 6.03 Å². The number of hydrogen-bond acceptors (Lipinski definition) is 6. The van der Waals surface area contributed by atoms with Gasteiger partial charge in [-0.2, -0.15) is 4.98 Å². The number of carbonyl (C=O) groups excluding carboxylic acids is 1. The van der Waals surface area contributed by atoms with E-state index in [9.17, 15) is 13.2 Å². The smallest absolute Gasteiger partial charge is 0.317 e. The standard InChI is InChI=1S/C17H24N4O4S/c1-5-26(23,24)10-9-21(4)17(22)18-13(3)16-19-15(20-25-16)14-8-6-7-12(2)11-14/h6-8,11,13H,5,9-10H2,1-4H3,(H,18,22)/t13-/m1/s1. The topological polar surface area (TPSA) is 105 Å². The fourth-order valence-electron chi connectivity index (χ4n) is 2.19. The highest BCUT2D eigenvalue weighted by atomic mass is 32.2. The van der Waals surface area contributed by atoms with Gasteiger partial charge in [-0.1, -0.05) is 35.8 Å². The van der Waals surface area contributed by atoms with E-state index >= 15 is 0 Å². The molecule has 2 amide bonds. The number of hydrogen-bond donors (Lipinski definition) is 1. The normalized spacial score (nSPS) is 12.6. The van der Waals surface area contributed by atoms with Crippen molar-refractivity contribution in [3.05, 3.63) is 35.7 Å². The van der Waals surface area contributed by atoms with Crippen molar-refractivity contribution in [3.63, 3.8) is 0 Å². The number of aryl methyl sites for hydroxylation is 1. The molecule has 0 unspecified atom stereocenters. The van der Waals surface area contributed by atoms with Crippen molar-refractivity contribution in [1.82, 2.24) is 20.4 Å². The van der Waals surface area contributed by atoms with Crippen LogP contribution in [0.4, 0.5) is 4.79 Å². The molecule has 1 atom stereocenters. The first-order valence-electron chi connectivity index (χ1n) is 8.34. The van der Waals surface area contributed by atoms with E-state index in [1.807, 2.05) is 31.2 Å². The number of urea groups is 1. The fourth-order valence-corrected chi connectivity index (χ4v) is 3.03. The predicted octanol–water partition coefficient (Wildman–Crippen LogP) is 2.18. The maximum absolute atomic E-state index is 12.2. The van der Waals surface area contributed by atoms with Gasteiger partial charge in [0.1, 0.15) is 6.04 Å². The van der Waals surface area contributed by atoms with Crippen LogP contribution in [0.1, 0.15) is 31.3 Å². The van der Waals surface area contributed by atoms with E-state index in [0.29, 0.717) is 5.82 Å². The average Bonchev–Trinajstić information content (AvgIpc) is 3.10. The summed E-state index contributed by atoms with van der Waals surface area (Å²) in [5.41, 5.74) is 1.92. The third kappa shape index (κ3) is 5.29. The Labute approximate surface area is 153 Å². The summed E-state index contributed by atoms with van der Waals surface area (Å²) in [6.45, 7) is 5.40. The summed E-state index contributed by atoms with van der Waals surface area (Å²) in [6.07, 6.45) is 0. The molecular weight excluding hydrogens is 356 g/mol. The van der Waals surface area contributed by atoms with Gasteiger partial charge in [-0.3, -0.25) is 0 Å². The first-order chi connectivity index (χ1) is 12.2. The molecule has 1 N–H and O–H groups in total. The number of aromatic nitrogens is 2. The lowest BCUT2D eigenvalue weighted by Gasteiger charge is -2.19. The van der Waals surface area contributed by atoms with E-state index in [2.05, 4.69) is 15.5 Å². The molecule has 0 fully saturated rings. The minimum absolute atomic E-state index is 0.0581. The van der Waals surface area contributed by atoms with Gasteiger partial charge in [0.05, 0.1) is 5.75 Å². The maximum atomic E-state index is 12.2. The van der Waals surface area contributed by atoms with Crippen LogP contribution in [-0.4, -0.2) is 54.6 Å². The molecule has 0 bridgehead atoms. The molecule has 1 heterocycles. The highest BCUT2D eigenvalue weighted by molar-refractivity contribution is 7.91. The quantitative estimate of drug-likeness (QED) is 0.789. The number of rotatable bonds is 7. The summed E-state index contributed by atoms with van der Waals surface area (Å²) in [5.74, 6) is 0.722. The van der Waals surface area contributed by atoms with Crippen molar-refractivity contribution in [3.8, 4) is 11.4 Å². The van der Waals surface area contributed by atoms with Gasteiger partial charge in [0.15, 0.2) is 9.84 Å².